The van der Waals surface area contributed by atoms with E-state index in [1.165, 1.54) is 6.08 Å². The third-order valence-electron chi connectivity index (χ3n) is 3.09. The molecule has 0 aromatic heterocycles. The summed E-state index contributed by atoms with van der Waals surface area (Å²) in [5.41, 5.74) is 10.3. The van der Waals surface area contributed by atoms with Gasteiger partial charge in [-0.3, -0.25) is 5.01 Å². The Morgan fingerprint density at radius 3 is 3.00 bits per heavy atom. The van der Waals surface area contributed by atoms with E-state index in [9.17, 15) is 4.79 Å². The number of nitrogens with one attached hydrogen (secondary N) is 2. The van der Waals surface area contributed by atoms with Crippen molar-refractivity contribution in [3.05, 3.63) is 42.0 Å². The maximum absolute atomic E-state index is 11.3. The zero-order valence-corrected chi connectivity index (χ0v) is 11.8. The monoisotopic (exact) mass is 273 g/mol. The molecule has 1 aromatic rings. The number of esters is 1. The van der Waals surface area contributed by atoms with Gasteiger partial charge in [0.05, 0.1) is 24.5 Å². The minimum Gasteiger partial charge on any atom is -0.463 e. The van der Waals surface area contributed by atoms with Crippen LogP contribution in [0.5, 0.6) is 0 Å². The molecule has 0 fully saturated rings. The van der Waals surface area contributed by atoms with E-state index in [1.54, 1.807) is 13.0 Å². The number of hydrazine groups is 2. The first-order chi connectivity index (χ1) is 9.67. The van der Waals surface area contributed by atoms with Crippen molar-refractivity contribution in [2.45, 2.75) is 13.8 Å². The van der Waals surface area contributed by atoms with Gasteiger partial charge in [0.1, 0.15) is 0 Å². The number of benzene rings is 1. The van der Waals surface area contributed by atoms with Crippen molar-refractivity contribution in [3.63, 3.8) is 0 Å². The van der Waals surface area contributed by atoms with E-state index in [0.29, 0.717) is 13.2 Å². The predicted octanol–water partition coefficient (Wildman–Crippen LogP) is 2.41. The molecule has 0 spiro atoms. The van der Waals surface area contributed by atoms with Gasteiger partial charge < -0.3 is 10.2 Å². The quantitative estimate of drug-likeness (QED) is 0.490. The van der Waals surface area contributed by atoms with Crippen molar-refractivity contribution in [2.75, 3.05) is 23.6 Å². The third kappa shape index (κ3) is 2.83. The van der Waals surface area contributed by atoms with E-state index in [0.717, 1.165) is 22.5 Å². The number of ether oxygens (including phenoxy) is 1. The zero-order valence-electron chi connectivity index (χ0n) is 11.8. The molecule has 2 rings (SSSR count). The van der Waals surface area contributed by atoms with Crippen LogP contribution in [0, 0.1) is 6.92 Å². The number of hydrogen-bond acceptors (Lipinski definition) is 5. The molecule has 5 nitrogen and oxygen atoms in total. The van der Waals surface area contributed by atoms with Crippen LogP contribution in [0.15, 0.2) is 30.9 Å². The van der Waals surface area contributed by atoms with E-state index < -0.39 is 0 Å². The maximum atomic E-state index is 11.3. The van der Waals surface area contributed by atoms with Gasteiger partial charge in [-0.1, -0.05) is 12.1 Å². The summed E-state index contributed by atoms with van der Waals surface area (Å²) in [5.74, 6) is -0.327. The standard InChI is InChI=1S/C15H19N3O2/c1-4-10-18-13-8-6-12(7-9-14(19)20-5-2)11(3)15(13)16-17-18/h4,6-9,16-17H,1,5,10H2,2-3H3/b9-7+. The number of hydrogen-bond donors (Lipinski definition) is 2. The summed E-state index contributed by atoms with van der Waals surface area (Å²) in [6.45, 7) is 8.62. The lowest BCUT2D eigenvalue weighted by molar-refractivity contribution is -0.137. The molecule has 1 aromatic carbocycles. The lowest BCUT2D eigenvalue weighted by atomic mass is 10.0. The number of nitrogens with zero attached hydrogens (tertiary/aromatic N) is 1. The Hall–Kier alpha value is -2.27. The lowest BCUT2D eigenvalue weighted by Gasteiger charge is -2.15. The molecular formula is C15H19N3O2. The number of carbonyl (C=O) groups excluding carboxylic acids is 1. The van der Waals surface area contributed by atoms with Crippen LogP contribution < -0.4 is 16.0 Å². The fourth-order valence-electron chi connectivity index (χ4n) is 2.08. The van der Waals surface area contributed by atoms with Crippen LogP contribution in [-0.2, 0) is 9.53 Å². The number of fused-ring (bicyclic) bond motifs is 1. The van der Waals surface area contributed by atoms with Gasteiger partial charge in [-0.2, -0.15) is 0 Å². The summed E-state index contributed by atoms with van der Waals surface area (Å²) in [7, 11) is 0. The smallest absolute Gasteiger partial charge is 0.330 e. The van der Waals surface area contributed by atoms with Crippen molar-refractivity contribution < 1.29 is 9.53 Å². The number of anilines is 2. The van der Waals surface area contributed by atoms with Crippen molar-refractivity contribution in [2.24, 2.45) is 0 Å². The van der Waals surface area contributed by atoms with Crippen LogP contribution in [0.3, 0.4) is 0 Å². The summed E-state index contributed by atoms with van der Waals surface area (Å²) in [6, 6.07) is 3.98. The highest BCUT2D eigenvalue weighted by Crippen LogP contribution is 2.34. The van der Waals surface area contributed by atoms with Crippen LogP contribution in [0.25, 0.3) is 6.08 Å². The molecule has 0 unspecified atom stereocenters. The summed E-state index contributed by atoms with van der Waals surface area (Å²) in [5, 5.41) is 1.97. The molecule has 1 aliphatic heterocycles. The number of rotatable bonds is 5. The molecule has 0 bridgehead atoms. The molecule has 106 valence electrons. The summed E-state index contributed by atoms with van der Waals surface area (Å²) >= 11 is 0. The number of carbonyl (C=O) groups is 1. The second-order valence-electron chi connectivity index (χ2n) is 4.40. The average molecular weight is 273 g/mol. The van der Waals surface area contributed by atoms with Gasteiger partial charge in [0.25, 0.3) is 0 Å². The van der Waals surface area contributed by atoms with Gasteiger partial charge in [-0.25, -0.2) is 4.79 Å². The van der Waals surface area contributed by atoms with Crippen molar-refractivity contribution >= 4 is 23.4 Å². The highest BCUT2D eigenvalue weighted by atomic mass is 16.5. The molecular weight excluding hydrogens is 254 g/mol. The second kappa shape index (κ2) is 6.25. The highest BCUT2D eigenvalue weighted by Gasteiger charge is 2.19. The Balaban J connectivity index is 2.22. The molecule has 1 aliphatic rings. The van der Waals surface area contributed by atoms with Crippen LogP contribution in [-0.4, -0.2) is 19.1 Å². The van der Waals surface area contributed by atoms with Crippen LogP contribution >= 0.6 is 0 Å². The molecule has 0 atom stereocenters. The largest absolute Gasteiger partial charge is 0.463 e. The zero-order chi connectivity index (χ0) is 14.5. The fourth-order valence-corrected chi connectivity index (χ4v) is 2.08. The molecule has 5 heteroatoms. The van der Waals surface area contributed by atoms with Gasteiger partial charge in [-0.05, 0) is 37.1 Å². The first kappa shape index (κ1) is 14.1. The molecule has 2 N–H and O–H groups in total. The molecule has 0 saturated carbocycles. The van der Waals surface area contributed by atoms with Gasteiger partial charge in [-0.15, -0.1) is 12.1 Å². The maximum Gasteiger partial charge on any atom is 0.330 e. The van der Waals surface area contributed by atoms with E-state index in [4.69, 9.17) is 4.74 Å². The van der Waals surface area contributed by atoms with E-state index in [2.05, 4.69) is 17.5 Å². The Morgan fingerprint density at radius 1 is 1.50 bits per heavy atom. The SMILES string of the molecule is C=CCN1NNc2c1ccc(/C=C/C(=O)OCC)c2C. The second-order valence-corrected chi connectivity index (χ2v) is 4.40. The summed E-state index contributed by atoms with van der Waals surface area (Å²) < 4.78 is 4.87. The van der Waals surface area contributed by atoms with Gasteiger partial charge in [0.15, 0.2) is 0 Å². The molecule has 0 aliphatic carbocycles. The minimum absolute atomic E-state index is 0.327. The molecule has 1 heterocycles. The van der Waals surface area contributed by atoms with Crippen LogP contribution in [0.1, 0.15) is 18.1 Å². The van der Waals surface area contributed by atoms with Gasteiger partial charge in [0.2, 0.25) is 0 Å². The topological polar surface area (TPSA) is 53.6 Å². The van der Waals surface area contributed by atoms with E-state index in [-0.39, 0.29) is 5.97 Å². The highest BCUT2D eigenvalue weighted by molar-refractivity contribution is 5.89. The minimum atomic E-state index is -0.327. The third-order valence-corrected chi connectivity index (χ3v) is 3.09. The Labute approximate surface area is 118 Å². The molecule has 20 heavy (non-hydrogen) atoms. The lowest BCUT2D eigenvalue weighted by Crippen LogP contribution is -2.35. The molecule has 0 amide bonds. The van der Waals surface area contributed by atoms with E-state index >= 15 is 0 Å². The first-order valence-electron chi connectivity index (χ1n) is 6.56. The Morgan fingerprint density at radius 2 is 2.30 bits per heavy atom. The van der Waals surface area contributed by atoms with Gasteiger partial charge in [0, 0.05) is 6.08 Å². The van der Waals surface area contributed by atoms with Crippen molar-refractivity contribution in [1.29, 1.82) is 0 Å². The van der Waals surface area contributed by atoms with Crippen molar-refractivity contribution in [3.8, 4) is 0 Å². The Kier molecular flexibility index (Phi) is 4.42. The Bertz CT molecular complexity index is 552. The summed E-state index contributed by atoms with van der Waals surface area (Å²) in [6.07, 6.45) is 5.04. The van der Waals surface area contributed by atoms with Crippen LogP contribution in [0.2, 0.25) is 0 Å². The van der Waals surface area contributed by atoms with E-state index in [1.807, 2.05) is 30.1 Å². The van der Waals surface area contributed by atoms with Crippen LogP contribution in [0.4, 0.5) is 11.4 Å². The van der Waals surface area contributed by atoms with Gasteiger partial charge >= 0.3 is 5.97 Å². The fraction of sp³-hybridized carbons (Fsp3) is 0.267. The molecule has 0 saturated heterocycles. The summed E-state index contributed by atoms with van der Waals surface area (Å²) in [4.78, 5) is 11.3. The molecule has 0 radical (unpaired) electrons. The normalized spacial score (nSPS) is 13.2. The average Bonchev–Trinajstić information content (AvgIpc) is 2.83. The predicted molar refractivity (Wildman–Crippen MR) is 81.1 cm³/mol. The first-order valence-corrected chi connectivity index (χ1v) is 6.56. The van der Waals surface area contributed by atoms with Crippen molar-refractivity contribution in [1.82, 2.24) is 5.53 Å².